The molecule has 3 rings (SSSR count). The molecule has 6 nitrogen and oxygen atoms in total. The van der Waals surface area contributed by atoms with Crippen LogP contribution in [0.5, 0.6) is 0 Å². The molecule has 112 valence electrons. The number of hydrogen-bond donors (Lipinski definition) is 1. The molecule has 0 saturated carbocycles. The van der Waals surface area contributed by atoms with Gasteiger partial charge >= 0.3 is 51.4 Å². The molecule has 0 spiro atoms. The van der Waals surface area contributed by atoms with Gasteiger partial charge in [0.2, 0.25) is 0 Å². The topological polar surface area (TPSA) is 117 Å². The molecular formula is C14H7FKNO5S. The van der Waals surface area contributed by atoms with E-state index >= 15 is 0 Å². The average molecular weight is 359 g/mol. The Hall–Kier alpha value is -0.944. The van der Waals surface area contributed by atoms with E-state index < -0.39 is 49.2 Å². The summed E-state index contributed by atoms with van der Waals surface area (Å²) < 4.78 is 47.5. The first kappa shape index (κ1) is 18.4. The van der Waals surface area contributed by atoms with Gasteiger partial charge in [0.15, 0.2) is 11.6 Å². The summed E-state index contributed by atoms with van der Waals surface area (Å²) in [5.74, 6) is -2.86. The monoisotopic (exact) mass is 359 g/mol. The molecule has 0 atom stereocenters. The quantitative estimate of drug-likeness (QED) is 0.308. The van der Waals surface area contributed by atoms with Crippen LogP contribution in [-0.2, 0) is 10.1 Å². The number of carbonyl (C=O) groups excluding carboxylic acids is 2. The standard InChI is InChI=1S/C14H8FNO5S.K/c15-8-5-9(22(19,20)21)12(16)11-10(8)13(17)6-3-1-2-4-7(6)14(11)18;/h1-5H,16H2,(H,19,20,21);/q;+1/p-1. The second-order valence-corrected chi connectivity index (χ2v) is 6.03. The van der Waals surface area contributed by atoms with Gasteiger partial charge in [0, 0.05) is 11.1 Å². The van der Waals surface area contributed by atoms with Gasteiger partial charge in [-0.15, -0.1) is 0 Å². The number of rotatable bonds is 1. The fourth-order valence-electron chi connectivity index (χ4n) is 2.46. The number of anilines is 1. The zero-order valence-corrected chi connectivity index (χ0v) is 15.7. The predicted octanol–water partition coefficient (Wildman–Crippen LogP) is -1.91. The molecular weight excluding hydrogens is 352 g/mol. The minimum absolute atomic E-state index is 0. The third kappa shape index (κ3) is 2.82. The molecule has 1 aliphatic rings. The smallest absolute Gasteiger partial charge is 0.744 e. The van der Waals surface area contributed by atoms with Gasteiger partial charge in [-0.3, -0.25) is 9.59 Å². The second kappa shape index (κ2) is 6.17. The van der Waals surface area contributed by atoms with Crippen molar-refractivity contribution >= 4 is 27.4 Å². The van der Waals surface area contributed by atoms with Crippen molar-refractivity contribution in [1.82, 2.24) is 0 Å². The third-order valence-electron chi connectivity index (χ3n) is 3.42. The zero-order valence-electron chi connectivity index (χ0n) is 11.8. The molecule has 1 aliphatic carbocycles. The molecule has 0 heterocycles. The SMILES string of the molecule is Nc1c(S(=O)(=O)[O-])cc(F)c2c1C(=O)c1ccccc1C2=O.[K+]. The van der Waals surface area contributed by atoms with Gasteiger partial charge in [-0.1, -0.05) is 24.3 Å². The Bertz CT molecular complexity index is 971. The van der Waals surface area contributed by atoms with Crippen LogP contribution in [0.4, 0.5) is 10.1 Å². The van der Waals surface area contributed by atoms with E-state index in [1.54, 1.807) is 0 Å². The average Bonchev–Trinajstić information content (AvgIpc) is 2.45. The predicted molar refractivity (Wildman–Crippen MR) is 72.1 cm³/mol. The van der Waals surface area contributed by atoms with Crippen LogP contribution in [0.25, 0.3) is 0 Å². The molecule has 2 N–H and O–H groups in total. The second-order valence-electron chi connectivity index (χ2n) is 4.68. The van der Waals surface area contributed by atoms with Crippen LogP contribution in [0.1, 0.15) is 31.8 Å². The normalized spacial score (nSPS) is 13.1. The van der Waals surface area contributed by atoms with Crippen LogP contribution in [0, 0.1) is 5.82 Å². The van der Waals surface area contributed by atoms with Gasteiger partial charge in [0.05, 0.1) is 21.7 Å². The van der Waals surface area contributed by atoms with E-state index in [1.165, 1.54) is 24.3 Å². The summed E-state index contributed by atoms with van der Waals surface area (Å²) in [6, 6.07) is 6.07. The first-order chi connectivity index (χ1) is 10.2. The van der Waals surface area contributed by atoms with Crippen molar-refractivity contribution in [1.29, 1.82) is 0 Å². The molecule has 23 heavy (non-hydrogen) atoms. The first-order valence-corrected chi connectivity index (χ1v) is 7.40. The van der Waals surface area contributed by atoms with Crippen LogP contribution < -0.4 is 57.1 Å². The van der Waals surface area contributed by atoms with Crippen molar-refractivity contribution in [2.24, 2.45) is 0 Å². The summed E-state index contributed by atoms with van der Waals surface area (Å²) >= 11 is 0. The fraction of sp³-hybridized carbons (Fsp3) is 0. The Kier molecular flexibility index (Phi) is 4.93. The molecule has 0 unspecified atom stereocenters. The van der Waals surface area contributed by atoms with Gasteiger partial charge < -0.3 is 10.3 Å². The van der Waals surface area contributed by atoms with Gasteiger partial charge in [-0.05, 0) is 6.07 Å². The van der Waals surface area contributed by atoms with Crippen molar-refractivity contribution < 1.29 is 78.3 Å². The molecule has 0 fully saturated rings. The van der Waals surface area contributed by atoms with Crippen molar-refractivity contribution in [3.63, 3.8) is 0 Å². The maximum Gasteiger partial charge on any atom is 1.00 e. The van der Waals surface area contributed by atoms with Crippen molar-refractivity contribution in [3.05, 3.63) is 58.4 Å². The maximum atomic E-state index is 14.1. The summed E-state index contributed by atoms with van der Waals surface area (Å²) in [5, 5.41) is 0. The Morgan fingerprint density at radius 1 is 1.00 bits per heavy atom. The van der Waals surface area contributed by atoms with E-state index in [9.17, 15) is 27.0 Å². The molecule has 0 aromatic heterocycles. The van der Waals surface area contributed by atoms with Crippen LogP contribution in [-0.4, -0.2) is 24.5 Å². The number of benzene rings is 2. The minimum atomic E-state index is -5.09. The number of hydrogen-bond acceptors (Lipinski definition) is 6. The van der Waals surface area contributed by atoms with Crippen LogP contribution in [0.15, 0.2) is 35.2 Å². The van der Waals surface area contributed by atoms with Crippen molar-refractivity contribution in [2.75, 3.05) is 5.73 Å². The summed E-state index contributed by atoms with van der Waals surface area (Å²) in [5.41, 5.74) is 3.61. The Balaban J connectivity index is 0.00000192. The van der Waals surface area contributed by atoms with E-state index in [2.05, 4.69) is 0 Å². The van der Waals surface area contributed by atoms with E-state index in [4.69, 9.17) is 5.73 Å². The minimum Gasteiger partial charge on any atom is -0.744 e. The summed E-state index contributed by atoms with van der Waals surface area (Å²) in [4.78, 5) is 23.7. The third-order valence-corrected chi connectivity index (χ3v) is 4.30. The Labute approximate surface area is 173 Å². The van der Waals surface area contributed by atoms with Crippen LogP contribution in [0.3, 0.4) is 0 Å². The van der Waals surface area contributed by atoms with E-state index in [0.717, 1.165) is 0 Å². The number of fused-ring (bicyclic) bond motifs is 2. The Morgan fingerprint density at radius 3 is 1.96 bits per heavy atom. The Morgan fingerprint density at radius 2 is 1.48 bits per heavy atom. The van der Waals surface area contributed by atoms with Gasteiger partial charge in [0.1, 0.15) is 15.9 Å². The van der Waals surface area contributed by atoms with E-state index in [-0.39, 0.29) is 62.5 Å². The number of halogens is 1. The number of nitrogens with two attached hydrogens (primary N) is 1. The van der Waals surface area contributed by atoms with E-state index in [1.807, 2.05) is 0 Å². The molecule has 0 bridgehead atoms. The maximum absolute atomic E-state index is 14.1. The van der Waals surface area contributed by atoms with Crippen LogP contribution in [0.2, 0.25) is 0 Å². The number of nitrogen functional groups attached to an aromatic ring is 1. The molecule has 0 amide bonds. The molecule has 0 aliphatic heterocycles. The molecule has 2 aromatic rings. The molecule has 9 heteroatoms. The largest absolute Gasteiger partial charge is 1.00 e. The summed E-state index contributed by atoms with van der Waals surface area (Å²) in [6.07, 6.45) is 0. The number of ketones is 2. The van der Waals surface area contributed by atoms with Crippen molar-refractivity contribution in [2.45, 2.75) is 4.90 Å². The van der Waals surface area contributed by atoms with Gasteiger partial charge in [0.25, 0.3) is 0 Å². The summed E-state index contributed by atoms with van der Waals surface area (Å²) in [7, 11) is -5.09. The van der Waals surface area contributed by atoms with E-state index in [0.29, 0.717) is 6.07 Å². The summed E-state index contributed by atoms with van der Waals surface area (Å²) in [6.45, 7) is 0. The van der Waals surface area contributed by atoms with Gasteiger partial charge in [-0.2, -0.15) is 0 Å². The zero-order chi connectivity index (χ0) is 16.2. The van der Waals surface area contributed by atoms with Gasteiger partial charge in [-0.25, -0.2) is 12.8 Å². The van der Waals surface area contributed by atoms with Crippen LogP contribution >= 0.6 is 0 Å². The van der Waals surface area contributed by atoms with Crippen molar-refractivity contribution in [3.8, 4) is 0 Å². The number of carbonyl (C=O) groups is 2. The molecule has 0 saturated heterocycles. The fourth-order valence-corrected chi connectivity index (χ4v) is 3.07. The first-order valence-electron chi connectivity index (χ1n) is 5.99. The molecule has 0 radical (unpaired) electrons. The molecule has 2 aromatic carbocycles.